The molecule has 0 aromatic heterocycles. The van der Waals surface area contributed by atoms with Crippen molar-refractivity contribution in [1.82, 2.24) is 10.2 Å². The molecule has 3 nitrogen and oxygen atoms in total. The van der Waals surface area contributed by atoms with Crippen molar-refractivity contribution in [2.75, 3.05) is 26.7 Å². The Balaban J connectivity index is 0.00000200. The fraction of sp³-hybridized carbons (Fsp3) is 0.500. The Kier molecular flexibility index (Phi) is 6.36. The number of piperidine rings is 1. The van der Waals surface area contributed by atoms with Gasteiger partial charge in [0.15, 0.2) is 0 Å². The third-order valence-corrected chi connectivity index (χ3v) is 3.46. The Bertz CT molecular complexity index is 468. The summed E-state index contributed by atoms with van der Waals surface area (Å²) in [6, 6.07) is 3.09. The van der Waals surface area contributed by atoms with Gasteiger partial charge < -0.3 is 10.2 Å². The van der Waals surface area contributed by atoms with E-state index in [9.17, 15) is 13.6 Å². The maximum atomic E-state index is 13.6. The highest BCUT2D eigenvalue weighted by atomic mass is 35.5. The van der Waals surface area contributed by atoms with Gasteiger partial charge in [-0.05, 0) is 44.5 Å². The van der Waals surface area contributed by atoms with Crippen LogP contribution in [0, 0.1) is 17.6 Å². The fourth-order valence-corrected chi connectivity index (χ4v) is 2.54. The maximum Gasteiger partial charge on any atom is 0.256 e. The van der Waals surface area contributed by atoms with Crippen molar-refractivity contribution in [1.29, 1.82) is 0 Å². The molecule has 112 valence electrons. The molecule has 1 aromatic carbocycles. The van der Waals surface area contributed by atoms with Gasteiger partial charge in [-0.1, -0.05) is 0 Å². The quantitative estimate of drug-likeness (QED) is 0.930. The first kappa shape index (κ1) is 16.9. The lowest BCUT2D eigenvalue weighted by Crippen LogP contribution is -2.42. The van der Waals surface area contributed by atoms with E-state index in [4.69, 9.17) is 0 Å². The maximum absolute atomic E-state index is 13.6. The fourth-order valence-electron chi connectivity index (χ4n) is 2.54. The van der Waals surface area contributed by atoms with Gasteiger partial charge in [0.05, 0.1) is 5.56 Å². The molecule has 1 aromatic rings. The van der Waals surface area contributed by atoms with Crippen molar-refractivity contribution >= 4 is 18.3 Å². The first-order valence-electron chi connectivity index (χ1n) is 6.50. The highest BCUT2D eigenvalue weighted by Gasteiger charge is 2.25. The number of likely N-dealkylation sites (tertiary alicyclic amines) is 1. The predicted octanol–water partition coefficient (Wildman–Crippen LogP) is 2.46. The summed E-state index contributed by atoms with van der Waals surface area (Å²) in [5.41, 5.74) is -0.0495. The summed E-state index contributed by atoms with van der Waals surface area (Å²) >= 11 is 0. The summed E-state index contributed by atoms with van der Waals surface area (Å²) in [6.45, 7) is 2.10. The number of hydrogen-bond acceptors (Lipinski definition) is 2. The Morgan fingerprint density at radius 2 is 2.20 bits per heavy atom. The van der Waals surface area contributed by atoms with Crippen LogP contribution in [0.3, 0.4) is 0 Å². The zero-order valence-electron chi connectivity index (χ0n) is 11.4. The first-order chi connectivity index (χ1) is 9.11. The second-order valence-corrected chi connectivity index (χ2v) is 4.94. The van der Waals surface area contributed by atoms with Crippen LogP contribution < -0.4 is 5.32 Å². The zero-order chi connectivity index (χ0) is 13.8. The van der Waals surface area contributed by atoms with E-state index in [1.807, 2.05) is 7.05 Å². The van der Waals surface area contributed by atoms with Crippen molar-refractivity contribution in [3.63, 3.8) is 0 Å². The smallest absolute Gasteiger partial charge is 0.256 e. The van der Waals surface area contributed by atoms with E-state index in [2.05, 4.69) is 5.32 Å². The van der Waals surface area contributed by atoms with Crippen LogP contribution in [0.15, 0.2) is 18.2 Å². The second-order valence-electron chi connectivity index (χ2n) is 4.94. The van der Waals surface area contributed by atoms with Crippen LogP contribution in [0.5, 0.6) is 0 Å². The van der Waals surface area contributed by atoms with E-state index in [-0.39, 0.29) is 23.9 Å². The monoisotopic (exact) mass is 304 g/mol. The Labute approximate surface area is 123 Å². The highest BCUT2D eigenvalue weighted by Crippen LogP contribution is 2.19. The first-order valence-corrected chi connectivity index (χ1v) is 6.50. The summed E-state index contributed by atoms with van der Waals surface area (Å²) in [5, 5.41) is 3.09. The number of halogens is 3. The lowest BCUT2D eigenvalue weighted by atomic mass is 9.97. The molecule has 2 rings (SSSR count). The minimum absolute atomic E-state index is 0. The third-order valence-electron chi connectivity index (χ3n) is 3.46. The molecule has 20 heavy (non-hydrogen) atoms. The molecular formula is C14H19ClF2N2O. The Morgan fingerprint density at radius 1 is 1.45 bits per heavy atom. The zero-order valence-corrected chi connectivity index (χ0v) is 12.2. The normalized spacial score (nSPS) is 18.6. The molecular weight excluding hydrogens is 286 g/mol. The average Bonchev–Trinajstić information content (AvgIpc) is 2.39. The molecule has 1 atom stereocenters. The molecule has 1 amide bonds. The number of nitrogens with zero attached hydrogens (tertiary/aromatic N) is 1. The topological polar surface area (TPSA) is 32.3 Å². The summed E-state index contributed by atoms with van der Waals surface area (Å²) < 4.78 is 26.4. The van der Waals surface area contributed by atoms with Crippen molar-refractivity contribution in [3.05, 3.63) is 35.4 Å². The van der Waals surface area contributed by atoms with E-state index >= 15 is 0 Å². The molecule has 0 bridgehead atoms. The average molecular weight is 305 g/mol. The highest BCUT2D eigenvalue weighted by molar-refractivity contribution is 5.94. The number of nitrogens with one attached hydrogen (secondary N) is 1. The number of carbonyl (C=O) groups is 1. The Morgan fingerprint density at radius 3 is 2.85 bits per heavy atom. The number of hydrogen-bond donors (Lipinski definition) is 1. The SMILES string of the molecule is CNCC1CCCN(C(=O)c2ccc(F)cc2F)C1.Cl. The van der Waals surface area contributed by atoms with Crippen LogP contribution in [-0.4, -0.2) is 37.5 Å². The number of benzene rings is 1. The summed E-state index contributed by atoms with van der Waals surface area (Å²) in [4.78, 5) is 13.9. The van der Waals surface area contributed by atoms with E-state index in [1.54, 1.807) is 4.90 Å². The molecule has 1 fully saturated rings. The lowest BCUT2D eigenvalue weighted by Gasteiger charge is -2.32. The molecule has 1 heterocycles. The van der Waals surface area contributed by atoms with Crippen LogP contribution in [0.1, 0.15) is 23.2 Å². The van der Waals surface area contributed by atoms with Gasteiger partial charge in [-0.25, -0.2) is 8.78 Å². The molecule has 1 N–H and O–H groups in total. The van der Waals surface area contributed by atoms with E-state index in [0.29, 0.717) is 19.0 Å². The van der Waals surface area contributed by atoms with Gasteiger partial charge in [0.1, 0.15) is 11.6 Å². The van der Waals surface area contributed by atoms with Crippen molar-refractivity contribution in [3.8, 4) is 0 Å². The predicted molar refractivity (Wildman–Crippen MR) is 76.2 cm³/mol. The summed E-state index contributed by atoms with van der Waals surface area (Å²) in [7, 11) is 1.88. The van der Waals surface area contributed by atoms with Gasteiger partial charge in [0.25, 0.3) is 5.91 Å². The standard InChI is InChI=1S/C14H18F2N2O.ClH/c1-17-8-10-3-2-6-18(9-10)14(19)12-5-4-11(15)7-13(12)16;/h4-5,7,10,17H,2-3,6,8-9H2,1H3;1H. The van der Waals surface area contributed by atoms with E-state index in [0.717, 1.165) is 31.5 Å². The van der Waals surface area contributed by atoms with Crippen LogP contribution in [0.2, 0.25) is 0 Å². The molecule has 6 heteroatoms. The molecule has 1 aliphatic rings. The van der Waals surface area contributed by atoms with Crippen molar-refractivity contribution < 1.29 is 13.6 Å². The van der Waals surface area contributed by atoms with Gasteiger partial charge in [0, 0.05) is 19.2 Å². The molecule has 0 radical (unpaired) electrons. The van der Waals surface area contributed by atoms with E-state index in [1.165, 1.54) is 6.07 Å². The minimum atomic E-state index is -0.791. The number of rotatable bonds is 3. The number of carbonyl (C=O) groups excluding carboxylic acids is 1. The van der Waals surface area contributed by atoms with Gasteiger partial charge in [-0.15, -0.1) is 12.4 Å². The van der Waals surface area contributed by atoms with Crippen LogP contribution in [0.25, 0.3) is 0 Å². The molecule has 1 aliphatic heterocycles. The van der Waals surface area contributed by atoms with Gasteiger partial charge in [0.2, 0.25) is 0 Å². The Hall–Kier alpha value is -1.20. The van der Waals surface area contributed by atoms with Gasteiger partial charge in [-0.2, -0.15) is 0 Å². The van der Waals surface area contributed by atoms with Crippen LogP contribution >= 0.6 is 12.4 Å². The van der Waals surface area contributed by atoms with Crippen molar-refractivity contribution in [2.24, 2.45) is 5.92 Å². The number of amides is 1. The lowest BCUT2D eigenvalue weighted by molar-refractivity contribution is 0.0669. The van der Waals surface area contributed by atoms with Crippen LogP contribution in [0.4, 0.5) is 8.78 Å². The van der Waals surface area contributed by atoms with E-state index < -0.39 is 11.6 Å². The minimum Gasteiger partial charge on any atom is -0.338 e. The van der Waals surface area contributed by atoms with Crippen LogP contribution in [-0.2, 0) is 0 Å². The largest absolute Gasteiger partial charge is 0.338 e. The third kappa shape index (κ3) is 3.90. The van der Waals surface area contributed by atoms with Crippen molar-refractivity contribution in [2.45, 2.75) is 12.8 Å². The molecule has 0 saturated carbocycles. The molecule has 0 spiro atoms. The van der Waals surface area contributed by atoms with Gasteiger partial charge in [-0.3, -0.25) is 4.79 Å². The summed E-state index contributed by atoms with van der Waals surface area (Å²) in [5.74, 6) is -1.41. The summed E-state index contributed by atoms with van der Waals surface area (Å²) in [6.07, 6.45) is 1.98. The van der Waals surface area contributed by atoms with Gasteiger partial charge >= 0.3 is 0 Å². The molecule has 0 aliphatic carbocycles. The second kappa shape index (κ2) is 7.55. The molecule has 1 saturated heterocycles. The molecule has 1 unspecified atom stereocenters.